The van der Waals surface area contributed by atoms with E-state index in [4.69, 9.17) is 16.3 Å². The molecule has 0 N–H and O–H groups in total. The highest BCUT2D eigenvalue weighted by molar-refractivity contribution is 7.19. The van der Waals surface area contributed by atoms with E-state index in [9.17, 15) is 0 Å². The molecule has 0 saturated carbocycles. The number of fused-ring (bicyclic) bond motifs is 1. The lowest BCUT2D eigenvalue weighted by molar-refractivity contribution is 0.223. The second-order valence-corrected chi connectivity index (χ2v) is 5.71. The molecule has 5 heteroatoms. The van der Waals surface area contributed by atoms with Crippen LogP contribution in [0.4, 0.5) is 5.00 Å². The Morgan fingerprint density at radius 1 is 1.47 bits per heavy atom. The van der Waals surface area contributed by atoms with Gasteiger partial charge in [0, 0.05) is 12.1 Å². The van der Waals surface area contributed by atoms with Crippen molar-refractivity contribution in [2.75, 3.05) is 13.2 Å². The van der Waals surface area contributed by atoms with Gasteiger partial charge in [-0.3, -0.25) is 0 Å². The highest BCUT2D eigenvalue weighted by atomic mass is 35.5. The van der Waals surface area contributed by atoms with E-state index >= 15 is 0 Å². The van der Waals surface area contributed by atoms with Crippen LogP contribution in [0.25, 0.3) is 0 Å². The van der Waals surface area contributed by atoms with E-state index in [1.165, 1.54) is 16.9 Å². The van der Waals surface area contributed by atoms with Crippen LogP contribution in [-0.2, 0) is 11.3 Å². The van der Waals surface area contributed by atoms with Crippen LogP contribution < -0.4 is 0 Å². The topological polar surface area (TPSA) is 24.8 Å². The molecule has 17 heavy (non-hydrogen) atoms. The quantitative estimate of drug-likeness (QED) is 0.826. The lowest BCUT2D eigenvalue weighted by Crippen LogP contribution is -2.35. The molecule has 0 fully saturated rings. The molecule has 2 heterocycles. The Balaban J connectivity index is 2.20. The molecule has 1 aliphatic heterocycles. The number of nitrogens with zero attached hydrogens (tertiary/aromatic N) is 2. The zero-order valence-electron chi connectivity index (χ0n) is 10.2. The summed E-state index contributed by atoms with van der Waals surface area (Å²) in [7, 11) is 0. The second kappa shape index (κ2) is 5.74. The molecular formula is C12H17ClN2OS. The monoisotopic (exact) mass is 272 g/mol. The SMILES string of the molecule is CCCOC1=Nc2sc(Cl)cc2CN1CCC. The Morgan fingerprint density at radius 2 is 2.29 bits per heavy atom. The number of hydrogen-bond acceptors (Lipinski definition) is 4. The molecule has 1 aliphatic rings. The number of aliphatic imine (C=N–C) groups is 1. The van der Waals surface area contributed by atoms with E-state index in [2.05, 4.69) is 23.7 Å². The van der Waals surface area contributed by atoms with Gasteiger partial charge in [-0.2, -0.15) is 4.99 Å². The lowest BCUT2D eigenvalue weighted by Gasteiger charge is -2.27. The minimum Gasteiger partial charge on any atom is -0.465 e. The van der Waals surface area contributed by atoms with Crippen molar-refractivity contribution in [1.29, 1.82) is 0 Å². The highest BCUT2D eigenvalue weighted by Gasteiger charge is 2.22. The average molecular weight is 273 g/mol. The molecule has 0 radical (unpaired) electrons. The van der Waals surface area contributed by atoms with Gasteiger partial charge in [0.1, 0.15) is 5.00 Å². The van der Waals surface area contributed by atoms with Gasteiger partial charge in [-0.05, 0) is 18.9 Å². The third-order valence-electron chi connectivity index (χ3n) is 2.51. The molecule has 0 bridgehead atoms. The van der Waals surface area contributed by atoms with Gasteiger partial charge in [0.05, 0.1) is 17.5 Å². The Bertz CT molecular complexity index is 417. The van der Waals surface area contributed by atoms with Crippen molar-refractivity contribution in [3.63, 3.8) is 0 Å². The molecule has 94 valence electrons. The maximum absolute atomic E-state index is 6.02. The average Bonchev–Trinajstić information content (AvgIpc) is 2.65. The van der Waals surface area contributed by atoms with Crippen molar-refractivity contribution in [1.82, 2.24) is 4.90 Å². The van der Waals surface area contributed by atoms with Crippen molar-refractivity contribution in [3.8, 4) is 0 Å². The summed E-state index contributed by atoms with van der Waals surface area (Å²) in [6, 6.07) is 2.75. The Labute approximate surface area is 111 Å². The minimum absolute atomic E-state index is 0.716. The molecule has 1 aromatic rings. The molecule has 0 aromatic carbocycles. The normalized spacial score (nSPS) is 14.5. The third kappa shape index (κ3) is 2.93. The maximum atomic E-state index is 6.02. The minimum atomic E-state index is 0.716. The number of halogens is 1. The van der Waals surface area contributed by atoms with Gasteiger partial charge in [0.25, 0.3) is 6.02 Å². The lowest BCUT2D eigenvalue weighted by atomic mass is 10.2. The van der Waals surface area contributed by atoms with Crippen molar-refractivity contribution in [2.24, 2.45) is 4.99 Å². The zero-order valence-corrected chi connectivity index (χ0v) is 11.8. The molecule has 0 spiro atoms. The summed E-state index contributed by atoms with van der Waals surface area (Å²) < 4.78 is 6.50. The van der Waals surface area contributed by atoms with Gasteiger partial charge in [-0.25, -0.2) is 0 Å². The van der Waals surface area contributed by atoms with E-state index in [-0.39, 0.29) is 0 Å². The van der Waals surface area contributed by atoms with Gasteiger partial charge in [0.2, 0.25) is 0 Å². The number of thiophene rings is 1. The van der Waals surface area contributed by atoms with Crippen LogP contribution in [0.1, 0.15) is 32.3 Å². The van der Waals surface area contributed by atoms with Crippen molar-refractivity contribution in [3.05, 3.63) is 16.0 Å². The second-order valence-electron chi connectivity index (χ2n) is 4.05. The molecular weight excluding hydrogens is 256 g/mol. The fourth-order valence-electron chi connectivity index (χ4n) is 1.79. The van der Waals surface area contributed by atoms with Gasteiger partial charge in [-0.15, -0.1) is 11.3 Å². The predicted octanol–water partition coefficient (Wildman–Crippen LogP) is 4.04. The largest absolute Gasteiger partial charge is 0.465 e. The summed E-state index contributed by atoms with van der Waals surface area (Å²) in [6.07, 6.45) is 2.08. The molecule has 3 nitrogen and oxygen atoms in total. The first-order chi connectivity index (χ1) is 8.24. The summed E-state index contributed by atoms with van der Waals surface area (Å²) >= 11 is 7.54. The molecule has 0 unspecified atom stereocenters. The molecule has 0 amide bonds. The predicted molar refractivity (Wildman–Crippen MR) is 73.4 cm³/mol. The summed E-state index contributed by atoms with van der Waals surface area (Å²) in [5.41, 5.74) is 1.21. The Hall–Kier alpha value is -0.740. The van der Waals surface area contributed by atoms with Crippen LogP contribution >= 0.6 is 22.9 Å². The van der Waals surface area contributed by atoms with Gasteiger partial charge >= 0.3 is 0 Å². The van der Waals surface area contributed by atoms with Crippen LogP contribution in [0.15, 0.2) is 11.1 Å². The summed E-state index contributed by atoms with van der Waals surface area (Å²) in [6.45, 7) is 6.80. The molecule has 0 atom stereocenters. The van der Waals surface area contributed by atoms with Gasteiger partial charge in [0.15, 0.2) is 0 Å². The first-order valence-electron chi connectivity index (χ1n) is 5.99. The van der Waals surface area contributed by atoms with Crippen LogP contribution in [0, 0.1) is 0 Å². The van der Waals surface area contributed by atoms with Crippen LogP contribution in [0.2, 0.25) is 4.34 Å². The Kier molecular flexibility index (Phi) is 4.29. The van der Waals surface area contributed by atoms with E-state index in [1.54, 1.807) is 0 Å². The standard InChI is InChI=1S/C12H17ClN2OS/c1-3-5-15-8-9-7-10(13)17-11(9)14-12(15)16-6-4-2/h7H,3-6,8H2,1-2H3. The highest BCUT2D eigenvalue weighted by Crippen LogP contribution is 2.37. The number of ether oxygens (including phenoxy) is 1. The number of hydrogen-bond donors (Lipinski definition) is 0. The van der Waals surface area contributed by atoms with E-state index in [1.807, 2.05) is 6.07 Å². The molecule has 1 aromatic heterocycles. The van der Waals surface area contributed by atoms with Gasteiger partial charge < -0.3 is 9.64 Å². The van der Waals surface area contributed by atoms with Crippen molar-refractivity contribution in [2.45, 2.75) is 33.2 Å². The van der Waals surface area contributed by atoms with Gasteiger partial charge in [-0.1, -0.05) is 25.4 Å². The van der Waals surface area contributed by atoms with E-state index in [0.29, 0.717) is 6.61 Å². The molecule has 0 aliphatic carbocycles. The van der Waals surface area contributed by atoms with E-state index < -0.39 is 0 Å². The smallest absolute Gasteiger partial charge is 0.293 e. The number of amidine groups is 1. The third-order valence-corrected chi connectivity index (χ3v) is 3.71. The zero-order chi connectivity index (χ0) is 12.3. The summed E-state index contributed by atoms with van der Waals surface area (Å²) in [5, 5.41) is 0.994. The maximum Gasteiger partial charge on any atom is 0.293 e. The number of rotatable bonds is 4. The van der Waals surface area contributed by atoms with Crippen LogP contribution in [0.3, 0.4) is 0 Å². The Morgan fingerprint density at radius 3 is 3.00 bits per heavy atom. The summed E-state index contributed by atoms with van der Waals surface area (Å²) in [4.78, 5) is 6.74. The summed E-state index contributed by atoms with van der Waals surface area (Å²) in [5.74, 6) is 0. The fraction of sp³-hybridized carbons (Fsp3) is 0.583. The fourth-order valence-corrected chi connectivity index (χ4v) is 2.90. The van der Waals surface area contributed by atoms with Crippen LogP contribution in [-0.4, -0.2) is 24.1 Å². The molecule has 2 rings (SSSR count). The van der Waals surface area contributed by atoms with Crippen LogP contribution in [0.5, 0.6) is 0 Å². The first-order valence-corrected chi connectivity index (χ1v) is 7.18. The first kappa shape index (κ1) is 12.7. The van der Waals surface area contributed by atoms with Crippen molar-refractivity contribution < 1.29 is 4.74 Å². The van der Waals surface area contributed by atoms with E-state index in [0.717, 1.165) is 41.3 Å². The van der Waals surface area contributed by atoms with Crippen molar-refractivity contribution >= 4 is 34.0 Å². The molecule has 0 saturated heterocycles.